The van der Waals surface area contributed by atoms with Gasteiger partial charge in [0.05, 0.1) is 16.8 Å². The van der Waals surface area contributed by atoms with E-state index in [-0.39, 0.29) is 29.7 Å². The lowest BCUT2D eigenvalue weighted by Gasteiger charge is -2.14. The summed E-state index contributed by atoms with van der Waals surface area (Å²) in [5.74, 6) is -0.600. The van der Waals surface area contributed by atoms with Crippen molar-refractivity contribution in [1.29, 1.82) is 5.41 Å². The molecule has 0 bridgehead atoms. The first-order valence-electron chi connectivity index (χ1n) is 5.35. The molecule has 0 aromatic heterocycles. The van der Waals surface area contributed by atoms with Crippen molar-refractivity contribution in [3.05, 3.63) is 34.9 Å². The molecule has 1 aromatic carbocycles. The van der Waals surface area contributed by atoms with Crippen LogP contribution in [0.5, 0.6) is 0 Å². The molecule has 0 aliphatic rings. The molecular weight excluding hydrogens is 338 g/mol. The molecule has 0 unspecified atom stereocenters. The summed E-state index contributed by atoms with van der Waals surface area (Å²) in [5, 5.41) is 10.3. The predicted octanol–water partition coefficient (Wildman–Crippen LogP) is 3.35. The van der Waals surface area contributed by atoms with Gasteiger partial charge in [0.2, 0.25) is 5.96 Å². The average Bonchev–Trinajstić information content (AvgIpc) is 2.33. The van der Waals surface area contributed by atoms with E-state index in [1.54, 1.807) is 0 Å². The summed E-state index contributed by atoms with van der Waals surface area (Å²) in [7, 11) is 0. The molecule has 4 nitrogen and oxygen atoms in total. The normalized spacial score (nSPS) is 12.6. The Morgan fingerprint density at radius 3 is 1.77 bits per heavy atom. The summed E-state index contributed by atoms with van der Waals surface area (Å²) in [5.41, 5.74) is 3.43. The molecule has 0 atom stereocenters. The van der Waals surface area contributed by atoms with Gasteiger partial charge in [-0.15, -0.1) is 12.4 Å². The fourth-order valence-electron chi connectivity index (χ4n) is 1.37. The van der Waals surface area contributed by atoms with E-state index in [0.29, 0.717) is 12.1 Å². The molecule has 11 heteroatoms. The number of nitrogens with zero attached hydrogens (tertiary/aromatic N) is 1. The van der Waals surface area contributed by atoms with Crippen LogP contribution >= 0.6 is 12.4 Å². The molecule has 22 heavy (non-hydrogen) atoms. The summed E-state index contributed by atoms with van der Waals surface area (Å²) >= 11 is 0. The molecule has 0 radical (unpaired) electrons. The van der Waals surface area contributed by atoms with Crippen LogP contribution in [0.4, 0.5) is 26.3 Å². The highest BCUT2D eigenvalue weighted by molar-refractivity contribution is 5.99. The van der Waals surface area contributed by atoms with Crippen molar-refractivity contribution < 1.29 is 26.3 Å². The number of guanidine groups is 1. The Labute approximate surface area is 127 Å². The second-order valence-electron chi connectivity index (χ2n) is 4.02. The van der Waals surface area contributed by atoms with Crippen LogP contribution in [0.3, 0.4) is 0 Å². The molecule has 1 rings (SSSR count). The van der Waals surface area contributed by atoms with Crippen LogP contribution in [0.2, 0.25) is 0 Å². The molecular formula is C11H11ClF6N4. The summed E-state index contributed by atoms with van der Waals surface area (Å²) in [6.45, 7) is 1.19. The van der Waals surface area contributed by atoms with Crippen LogP contribution in [0.25, 0.3) is 0 Å². The summed E-state index contributed by atoms with van der Waals surface area (Å²) < 4.78 is 75.8. The first kappa shape index (κ1) is 20.0. The quantitative estimate of drug-likeness (QED) is 0.332. The van der Waals surface area contributed by atoms with E-state index in [2.05, 4.69) is 5.10 Å². The third-order valence-corrected chi connectivity index (χ3v) is 2.35. The molecule has 4 N–H and O–H groups in total. The van der Waals surface area contributed by atoms with Gasteiger partial charge >= 0.3 is 12.4 Å². The van der Waals surface area contributed by atoms with Crippen LogP contribution < -0.4 is 11.2 Å². The van der Waals surface area contributed by atoms with Gasteiger partial charge in [0.15, 0.2) is 0 Å². The molecule has 0 heterocycles. The lowest BCUT2D eigenvalue weighted by molar-refractivity contribution is -0.143. The molecule has 0 fully saturated rings. The zero-order valence-corrected chi connectivity index (χ0v) is 11.7. The van der Waals surface area contributed by atoms with Gasteiger partial charge in [-0.3, -0.25) is 5.41 Å². The molecule has 124 valence electrons. The number of benzene rings is 1. The van der Waals surface area contributed by atoms with Gasteiger partial charge in [-0.05, 0) is 30.7 Å². The van der Waals surface area contributed by atoms with Gasteiger partial charge < -0.3 is 5.73 Å². The van der Waals surface area contributed by atoms with E-state index in [0.717, 1.165) is 0 Å². The van der Waals surface area contributed by atoms with Crippen LogP contribution in [-0.4, -0.2) is 11.7 Å². The van der Waals surface area contributed by atoms with Crippen LogP contribution in [0, 0.1) is 5.41 Å². The lowest BCUT2D eigenvalue weighted by atomic mass is 10.0. The maximum Gasteiger partial charge on any atom is 0.416 e. The SMILES string of the molecule is C/C(=N\NC(=N)N)c1cc(C(F)(F)F)cc(C(F)(F)F)c1.Cl. The standard InChI is InChI=1S/C11H10F6N4.ClH/c1-5(20-21-9(18)19)6-2-7(10(12,13)14)4-8(3-6)11(15,16)17;/h2-4H,1H3,(H4,18,19,21);1H/b20-5+;. The zero-order chi connectivity index (χ0) is 16.4. The predicted molar refractivity (Wildman–Crippen MR) is 71.0 cm³/mol. The summed E-state index contributed by atoms with van der Waals surface area (Å²) in [4.78, 5) is 0. The zero-order valence-electron chi connectivity index (χ0n) is 10.9. The van der Waals surface area contributed by atoms with E-state index in [4.69, 9.17) is 11.1 Å². The number of hydrogen-bond donors (Lipinski definition) is 3. The van der Waals surface area contributed by atoms with Crippen molar-refractivity contribution in [1.82, 2.24) is 5.43 Å². The molecule has 0 spiro atoms. The number of nitrogens with two attached hydrogens (primary N) is 1. The maximum absolute atomic E-state index is 12.6. The van der Waals surface area contributed by atoms with Gasteiger partial charge in [-0.2, -0.15) is 31.4 Å². The molecule has 0 saturated carbocycles. The largest absolute Gasteiger partial charge is 0.416 e. The van der Waals surface area contributed by atoms with Crippen LogP contribution in [0.1, 0.15) is 23.6 Å². The van der Waals surface area contributed by atoms with Gasteiger partial charge in [0.1, 0.15) is 0 Å². The minimum absolute atomic E-state index is 0. The van der Waals surface area contributed by atoms with Gasteiger partial charge in [-0.1, -0.05) is 0 Å². The van der Waals surface area contributed by atoms with Crippen LogP contribution in [0.15, 0.2) is 23.3 Å². The molecule has 0 amide bonds. The minimum Gasteiger partial charge on any atom is -0.369 e. The van der Waals surface area contributed by atoms with Crippen LogP contribution in [-0.2, 0) is 12.4 Å². The summed E-state index contributed by atoms with van der Waals surface area (Å²) in [6.07, 6.45) is -9.85. The Morgan fingerprint density at radius 1 is 1.05 bits per heavy atom. The van der Waals surface area contributed by atoms with Crippen molar-refractivity contribution in [2.24, 2.45) is 10.8 Å². The molecule has 0 aliphatic carbocycles. The highest BCUT2D eigenvalue weighted by Crippen LogP contribution is 2.36. The van der Waals surface area contributed by atoms with Gasteiger partial charge in [0, 0.05) is 0 Å². The number of nitrogens with one attached hydrogen (secondary N) is 2. The number of rotatable bonds is 2. The monoisotopic (exact) mass is 348 g/mol. The topological polar surface area (TPSA) is 74.3 Å². The third-order valence-electron chi connectivity index (χ3n) is 2.35. The maximum atomic E-state index is 12.6. The smallest absolute Gasteiger partial charge is 0.369 e. The van der Waals surface area contributed by atoms with Gasteiger partial charge in [-0.25, -0.2) is 5.43 Å². The number of halogens is 7. The Kier molecular flexibility index (Phi) is 6.25. The molecule has 0 saturated heterocycles. The van der Waals surface area contributed by atoms with E-state index in [1.165, 1.54) is 6.92 Å². The van der Waals surface area contributed by atoms with Crippen molar-refractivity contribution >= 4 is 24.1 Å². The first-order chi connectivity index (χ1) is 9.41. The summed E-state index contributed by atoms with van der Waals surface area (Å²) in [6, 6.07) is 1.10. The first-order valence-corrected chi connectivity index (χ1v) is 5.35. The highest BCUT2D eigenvalue weighted by Gasteiger charge is 2.37. The highest BCUT2D eigenvalue weighted by atomic mass is 35.5. The number of hydrazone groups is 1. The van der Waals surface area contributed by atoms with E-state index in [9.17, 15) is 26.3 Å². The van der Waals surface area contributed by atoms with Crippen molar-refractivity contribution in [3.8, 4) is 0 Å². The molecule has 0 aliphatic heterocycles. The van der Waals surface area contributed by atoms with E-state index in [1.807, 2.05) is 5.43 Å². The van der Waals surface area contributed by atoms with E-state index >= 15 is 0 Å². The lowest BCUT2D eigenvalue weighted by Crippen LogP contribution is -2.26. The Morgan fingerprint density at radius 2 is 1.45 bits per heavy atom. The number of hydrogen-bond acceptors (Lipinski definition) is 2. The number of alkyl halides is 6. The second-order valence-corrected chi connectivity index (χ2v) is 4.02. The average molecular weight is 349 g/mol. The Hall–Kier alpha value is -1.97. The fourth-order valence-corrected chi connectivity index (χ4v) is 1.37. The van der Waals surface area contributed by atoms with Gasteiger partial charge in [0.25, 0.3) is 0 Å². The van der Waals surface area contributed by atoms with Crippen molar-refractivity contribution in [2.45, 2.75) is 19.3 Å². The Bertz CT molecular complexity index is 547. The Balaban J connectivity index is 0.00000441. The van der Waals surface area contributed by atoms with Crippen molar-refractivity contribution in [2.75, 3.05) is 0 Å². The second kappa shape index (κ2) is 6.86. The fraction of sp³-hybridized carbons (Fsp3) is 0.273. The third kappa shape index (κ3) is 5.43. The van der Waals surface area contributed by atoms with Crippen molar-refractivity contribution in [3.63, 3.8) is 0 Å². The molecule has 1 aromatic rings. The van der Waals surface area contributed by atoms with E-state index < -0.39 is 29.4 Å². The minimum atomic E-state index is -4.93.